The summed E-state index contributed by atoms with van der Waals surface area (Å²) < 4.78 is 11.0. The summed E-state index contributed by atoms with van der Waals surface area (Å²) in [6, 6.07) is 6.10. The molecule has 0 heterocycles. The first kappa shape index (κ1) is 26.4. The summed E-state index contributed by atoms with van der Waals surface area (Å²) in [5, 5.41) is 8.96. The normalized spacial score (nSPS) is 11.4. The second-order valence-corrected chi connectivity index (χ2v) is 7.22. The molecular formula is C20H35IN4O3. The molecule has 0 atom stereocenters. The van der Waals surface area contributed by atoms with Gasteiger partial charge >= 0.3 is 0 Å². The van der Waals surface area contributed by atoms with Crippen molar-refractivity contribution in [1.82, 2.24) is 16.0 Å². The molecule has 1 aromatic carbocycles. The van der Waals surface area contributed by atoms with Crippen LogP contribution in [0.25, 0.3) is 0 Å². The molecule has 0 spiro atoms. The number of hydrogen-bond acceptors (Lipinski definition) is 4. The van der Waals surface area contributed by atoms with Gasteiger partial charge < -0.3 is 25.4 Å². The van der Waals surface area contributed by atoms with E-state index in [4.69, 9.17) is 9.47 Å². The van der Waals surface area contributed by atoms with Crippen LogP contribution in [0.3, 0.4) is 0 Å². The number of amides is 1. The number of ether oxygens (including phenoxy) is 2. The van der Waals surface area contributed by atoms with E-state index in [1.807, 2.05) is 52.8 Å². The van der Waals surface area contributed by atoms with E-state index in [-0.39, 0.29) is 42.0 Å². The van der Waals surface area contributed by atoms with Crippen LogP contribution < -0.4 is 20.7 Å². The molecule has 0 radical (unpaired) electrons. The van der Waals surface area contributed by atoms with Gasteiger partial charge in [0, 0.05) is 25.8 Å². The first-order valence-electron chi connectivity index (χ1n) is 9.31. The molecular weight excluding hydrogens is 471 g/mol. The summed E-state index contributed by atoms with van der Waals surface area (Å²) in [7, 11) is 1.60. The van der Waals surface area contributed by atoms with Crippen LogP contribution in [0, 0.1) is 6.92 Å². The highest BCUT2D eigenvalue weighted by molar-refractivity contribution is 14.0. The predicted molar refractivity (Wildman–Crippen MR) is 125 cm³/mol. The quantitative estimate of drug-likeness (QED) is 0.208. The lowest BCUT2D eigenvalue weighted by atomic mass is 10.1. The molecule has 0 aromatic heterocycles. The molecule has 7 nitrogen and oxygen atoms in total. The van der Waals surface area contributed by atoms with Crippen LogP contribution in [0.1, 0.15) is 38.8 Å². The molecule has 0 fully saturated rings. The SMILES string of the molecule is CCNC(=NCc1ccc(C)cc1OC(C)(C)C)NCC(=O)NCCOC.I. The lowest BCUT2D eigenvalue weighted by molar-refractivity contribution is -0.120. The lowest BCUT2D eigenvalue weighted by Crippen LogP contribution is -2.43. The van der Waals surface area contributed by atoms with Crippen LogP contribution in [0.5, 0.6) is 5.75 Å². The Morgan fingerprint density at radius 1 is 1.18 bits per heavy atom. The molecule has 0 aliphatic carbocycles. The Labute approximate surface area is 186 Å². The molecule has 8 heteroatoms. The van der Waals surface area contributed by atoms with E-state index < -0.39 is 0 Å². The predicted octanol–water partition coefficient (Wildman–Crippen LogP) is 2.61. The molecule has 3 N–H and O–H groups in total. The van der Waals surface area contributed by atoms with E-state index in [1.54, 1.807) is 7.11 Å². The second-order valence-electron chi connectivity index (χ2n) is 7.22. The smallest absolute Gasteiger partial charge is 0.239 e. The highest BCUT2D eigenvalue weighted by Gasteiger charge is 2.15. The van der Waals surface area contributed by atoms with E-state index in [0.717, 1.165) is 16.9 Å². The van der Waals surface area contributed by atoms with Crippen molar-refractivity contribution in [2.75, 3.05) is 33.4 Å². The monoisotopic (exact) mass is 506 g/mol. The van der Waals surface area contributed by atoms with Crippen molar-refractivity contribution < 1.29 is 14.3 Å². The first-order valence-corrected chi connectivity index (χ1v) is 9.31. The summed E-state index contributed by atoms with van der Waals surface area (Å²) in [6.45, 7) is 12.4. The van der Waals surface area contributed by atoms with Crippen LogP contribution >= 0.6 is 24.0 Å². The number of aryl methyl sites for hydroxylation is 1. The number of nitrogens with one attached hydrogen (secondary N) is 3. The van der Waals surface area contributed by atoms with E-state index in [9.17, 15) is 4.79 Å². The number of benzene rings is 1. The lowest BCUT2D eigenvalue weighted by Gasteiger charge is -2.23. The van der Waals surface area contributed by atoms with Crippen molar-refractivity contribution in [3.05, 3.63) is 29.3 Å². The molecule has 0 saturated heterocycles. The van der Waals surface area contributed by atoms with Crippen molar-refractivity contribution in [2.45, 2.75) is 46.8 Å². The Morgan fingerprint density at radius 2 is 1.89 bits per heavy atom. The largest absolute Gasteiger partial charge is 0.488 e. The number of halogens is 1. The minimum atomic E-state index is -0.282. The van der Waals surface area contributed by atoms with Crippen LogP contribution in [-0.2, 0) is 16.1 Å². The summed E-state index contributed by atoms with van der Waals surface area (Å²) in [4.78, 5) is 16.4. The van der Waals surface area contributed by atoms with Crippen molar-refractivity contribution in [2.24, 2.45) is 4.99 Å². The Morgan fingerprint density at radius 3 is 2.50 bits per heavy atom. The van der Waals surface area contributed by atoms with Crippen molar-refractivity contribution >= 4 is 35.8 Å². The van der Waals surface area contributed by atoms with Gasteiger partial charge in [-0.2, -0.15) is 0 Å². The third-order valence-corrected chi connectivity index (χ3v) is 3.44. The third-order valence-electron chi connectivity index (χ3n) is 3.44. The maximum atomic E-state index is 11.8. The zero-order valence-corrected chi connectivity index (χ0v) is 20.2. The van der Waals surface area contributed by atoms with Crippen LogP contribution in [-0.4, -0.2) is 50.8 Å². The summed E-state index contributed by atoms with van der Waals surface area (Å²) >= 11 is 0. The molecule has 0 aliphatic rings. The van der Waals surface area contributed by atoms with Crippen LogP contribution in [0.4, 0.5) is 0 Å². The van der Waals surface area contributed by atoms with E-state index in [2.05, 4.69) is 20.9 Å². The highest BCUT2D eigenvalue weighted by Crippen LogP contribution is 2.25. The molecule has 0 bridgehead atoms. The zero-order valence-electron chi connectivity index (χ0n) is 17.8. The average Bonchev–Trinajstić information content (AvgIpc) is 2.57. The Hall–Kier alpha value is -1.55. The number of aliphatic imine (C=N–C) groups is 1. The Kier molecular flexibility index (Phi) is 12.8. The average molecular weight is 506 g/mol. The topological polar surface area (TPSA) is 84.0 Å². The number of guanidine groups is 1. The number of nitrogens with zero attached hydrogens (tertiary/aromatic N) is 1. The van der Waals surface area contributed by atoms with Gasteiger partial charge in [0.15, 0.2) is 5.96 Å². The fraction of sp³-hybridized carbons (Fsp3) is 0.600. The standard InChI is InChI=1S/C20H34N4O3.HI/c1-7-21-19(24-14-18(25)22-10-11-26-6)23-13-16-9-8-15(2)12-17(16)27-20(3,4)5;/h8-9,12H,7,10-11,13-14H2,1-6H3,(H,22,25)(H2,21,23,24);1H. The van der Waals surface area contributed by atoms with Crippen LogP contribution in [0.15, 0.2) is 23.2 Å². The van der Waals surface area contributed by atoms with Gasteiger partial charge in [-0.1, -0.05) is 12.1 Å². The summed E-state index contributed by atoms with van der Waals surface area (Å²) in [5.41, 5.74) is 1.85. The Balaban J connectivity index is 0.00000729. The molecule has 1 amide bonds. The van der Waals surface area contributed by atoms with Gasteiger partial charge in [-0.15, -0.1) is 24.0 Å². The maximum absolute atomic E-state index is 11.8. The van der Waals surface area contributed by atoms with Crippen molar-refractivity contribution in [3.63, 3.8) is 0 Å². The minimum absolute atomic E-state index is 0. The number of carbonyl (C=O) groups excluding carboxylic acids is 1. The second kappa shape index (κ2) is 13.6. The van der Waals surface area contributed by atoms with Gasteiger partial charge in [0.25, 0.3) is 0 Å². The fourth-order valence-electron chi connectivity index (χ4n) is 2.24. The molecule has 0 saturated carbocycles. The summed E-state index contributed by atoms with van der Waals surface area (Å²) in [6.07, 6.45) is 0. The van der Waals surface area contributed by atoms with Gasteiger partial charge in [-0.3, -0.25) is 4.79 Å². The number of methoxy groups -OCH3 is 1. The molecule has 0 aliphatic heterocycles. The molecule has 0 unspecified atom stereocenters. The molecule has 1 aromatic rings. The first-order chi connectivity index (χ1) is 12.7. The molecule has 160 valence electrons. The fourth-order valence-corrected chi connectivity index (χ4v) is 2.24. The molecule has 1 rings (SSSR count). The number of rotatable bonds is 9. The number of hydrogen-bond donors (Lipinski definition) is 3. The van der Waals surface area contributed by atoms with E-state index in [0.29, 0.717) is 32.2 Å². The van der Waals surface area contributed by atoms with Gasteiger partial charge in [0.2, 0.25) is 5.91 Å². The summed E-state index contributed by atoms with van der Waals surface area (Å²) in [5.74, 6) is 1.31. The third kappa shape index (κ3) is 11.3. The van der Waals surface area contributed by atoms with Gasteiger partial charge in [0.1, 0.15) is 11.4 Å². The number of carbonyl (C=O) groups is 1. The highest BCUT2D eigenvalue weighted by atomic mass is 127. The van der Waals surface area contributed by atoms with Crippen molar-refractivity contribution in [1.29, 1.82) is 0 Å². The van der Waals surface area contributed by atoms with Crippen molar-refractivity contribution in [3.8, 4) is 5.75 Å². The van der Waals surface area contributed by atoms with Gasteiger partial charge in [-0.25, -0.2) is 4.99 Å². The maximum Gasteiger partial charge on any atom is 0.239 e. The van der Waals surface area contributed by atoms with Gasteiger partial charge in [-0.05, 0) is 46.2 Å². The van der Waals surface area contributed by atoms with Gasteiger partial charge in [0.05, 0.1) is 19.7 Å². The van der Waals surface area contributed by atoms with E-state index in [1.165, 1.54) is 0 Å². The Bertz CT molecular complexity index is 630. The zero-order chi connectivity index (χ0) is 20.3. The van der Waals surface area contributed by atoms with E-state index >= 15 is 0 Å². The van der Waals surface area contributed by atoms with Crippen LogP contribution in [0.2, 0.25) is 0 Å². The molecule has 28 heavy (non-hydrogen) atoms. The minimum Gasteiger partial charge on any atom is -0.488 e.